The summed E-state index contributed by atoms with van der Waals surface area (Å²) in [5.74, 6) is 2.82. The maximum atomic E-state index is 9.69. The molecule has 1 aromatic heterocycles. The largest absolute Gasteiger partial charge is 0.508 e. The van der Waals surface area contributed by atoms with Gasteiger partial charge in [-0.1, -0.05) is 12.1 Å². The molecule has 1 saturated carbocycles. The maximum absolute atomic E-state index is 9.69. The van der Waals surface area contributed by atoms with E-state index in [2.05, 4.69) is 9.97 Å². The van der Waals surface area contributed by atoms with E-state index >= 15 is 0 Å². The van der Waals surface area contributed by atoms with Gasteiger partial charge in [-0.05, 0) is 61.1 Å². The van der Waals surface area contributed by atoms with Gasteiger partial charge in [-0.2, -0.15) is 4.98 Å². The van der Waals surface area contributed by atoms with Crippen molar-refractivity contribution in [2.75, 3.05) is 24.7 Å². The topological polar surface area (TPSA) is 117 Å². The number of rotatable bonds is 8. The minimum Gasteiger partial charge on any atom is -0.508 e. The molecule has 5 N–H and O–H groups in total. The van der Waals surface area contributed by atoms with Crippen LogP contribution in [0, 0.1) is 5.92 Å². The van der Waals surface area contributed by atoms with E-state index < -0.39 is 0 Å². The van der Waals surface area contributed by atoms with Crippen LogP contribution < -0.4 is 20.9 Å². The lowest BCUT2D eigenvalue weighted by Gasteiger charge is -2.18. The molecule has 1 aliphatic rings. The molecule has 2 aromatic carbocycles. The van der Waals surface area contributed by atoms with E-state index in [1.54, 1.807) is 18.3 Å². The van der Waals surface area contributed by atoms with Gasteiger partial charge in [-0.3, -0.25) is 0 Å². The molecule has 0 atom stereocenters. The highest BCUT2D eigenvalue weighted by Gasteiger charge is 2.24. The minimum atomic E-state index is 0.155. The molecule has 1 fully saturated rings. The lowest BCUT2D eigenvalue weighted by molar-refractivity contribution is 0.296. The van der Waals surface area contributed by atoms with E-state index in [0.717, 1.165) is 33.8 Å². The number of ether oxygens (including phenoxy) is 2. The molecule has 4 rings (SSSR count). The molecular weight excluding hydrogens is 380 g/mol. The van der Waals surface area contributed by atoms with Gasteiger partial charge in [0.2, 0.25) is 5.95 Å². The molecular formula is C23H26N4O3. The molecule has 30 heavy (non-hydrogen) atoms. The molecule has 1 aliphatic carbocycles. The first kappa shape index (κ1) is 19.8. The Bertz CT molecular complexity index is 1030. The number of aromatic hydroxyl groups is 1. The van der Waals surface area contributed by atoms with Gasteiger partial charge in [0, 0.05) is 18.2 Å². The second-order valence-corrected chi connectivity index (χ2v) is 7.52. The molecule has 0 amide bonds. The van der Waals surface area contributed by atoms with E-state index in [0.29, 0.717) is 31.4 Å². The Morgan fingerprint density at radius 1 is 1.07 bits per heavy atom. The minimum absolute atomic E-state index is 0.155. The Morgan fingerprint density at radius 2 is 1.77 bits per heavy atom. The van der Waals surface area contributed by atoms with Crippen molar-refractivity contribution in [3.8, 4) is 28.4 Å². The van der Waals surface area contributed by atoms with Gasteiger partial charge in [-0.15, -0.1) is 0 Å². The normalized spacial score (nSPS) is 13.2. The number of aromatic nitrogens is 2. The molecule has 7 nitrogen and oxygen atoms in total. The Labute approximate surface area is 175 Å². The van der Waals surface area contributed by atoms with Gasteiger partial charge >= 0.3 is 0 Å². The van der Waals surface area contributed by atoms with Gasteiger partial charge in [-0.25, -0.2) is 4.98 Å². The van der Waals surface area contributed by atoms with Crippen LogP contribution in [-0.2, 0) is 6.42 Å². The molecule has 0 bridgehead atoms. The molecule has 156 valence electrons. The number of nitrogens with zero attached hydrogens (tertiary/aromatic N) is 2. The van der Waals surface area contributed by atoms with Crippen molar-refractivity contribution >= 4 is 11.8 Å². The summed E-state index contributed by atoms with van der Waals surface area (Å²) in [6.45, 7) is 3.14. The highest BCUT2D eigenvalue weighted by molar-refractivity contribution is 5.78. The third kappa shape index (κ3) is 4.56. The summed E-state index contributed by atoms with van der Waals surface area (Å²) in [6, 6.07) is 11.1. The van der Waals surface area contributed by atoms with E-state index in [9.17, 15) is 5.11 Å². The van der Waals surface area contributed by atoms with Crippen LogP contribution >= 0.6 is 0 Å². The molecule has 0 spiro atoms. The highest BCUT2D eigenvalue weighted by Crippen LogP contribution is 2.42. The third-order valence-corrected chi connectivity index (χ3v) is 5.06. The standard InChI is InChI=1S/C23H26N4O3/c1-2-29-19-10-15(9-17-12-26-23(25)27-22(17)24)11-20(30-13-14-3-4-14)21(19)16-5-7-18(28)8-6-16/h5-8,10-12,14,28H,2-4,9,13H2,1H3,(H4,24,25,26,27). The molecule has 0 unspecified atom stereocenters. The Kier molecular flexibility index (Phi) is 5.61. The smallest absolute Gasteiger partial charge is 0.221 e. The van der Waals surface area contributed by atoms with Gasteiger partial charge in [0.05, 0.1) is 18.8 Å². The zero-order valence-electron chi connectivity index (χ0n) is 17.0. The predicted octanol–water partition coefficient (Wildman–Crippen LogP) is 3.79. The number of hydrogen-bond donors (Lipinski definition) is 3. The van der Waals surface area contributed by atoms with Crippen LogP contribution in [-0.4, -0.2) is 28.3 Å². The van der Waals surface area contributed by atoms with Crippen LogP contribution in [0.25, 0.3) is 11.1 Å². The number of phenols is 1. The zero-order chi connectivity index (χ0) is 21.1. The molecule has 0 saturated heterocycles. The summed E-state index contributed by atoms with van der Waals surface area (Å²) < 4.78 is 12.2. The number of nitrogens with two attached hydrogens (primary N) is 2. The Hall–Kier alpha value is -3.48. The van der Waals surface area contributed by atoms with Crippen molar-refractivity contribution in [2.45, 2.75) is 26.2 Å². The van der Waals surface area contributed by atoms with Gasteiger partial charge in [0.1, 0.15) is 23.1 Å². The van der Waals surface area contributed by atoms with Crippen LogP contribution in [0.5, 0.6) is 17.2 Å². The fraction of sp³-hybridized carbons (Fsp3) is 0.304. The van der Waals surface area contributed by atoms with Crippen LogP contribution in [0.4, 0.5) is 11.8 Å². The predicted molar refractivity (Wildman–Crippen MR) is 117 cm³/mol. The van der Waals surface area contributed by atoms with E-state index in [1.165, 1.54) is 12.8 Å². The first-order chi connectivity index (χ1) is 14.5. The van der Waals surface area contributed by atoms with Crippen LogP contribution in [0.15, 0.2) is 42.6 Å². The average molecular weight is 406 g/mol. The van der Waals surface area contributed by atoms with Crippen LogP contribution in [0.3, 0.4) is 0 Å². The summed E-state index contributed by atoms with van der Waals surface area (Å²) in [7, 11) is 0. The van der Waals surface area contributed by atoms with Crippen molar-refractivity contribution in [1.82, 2.24) is 9.97 Å². The number of nitrogen functional groups attached to an aromatic ring is 2. The van der Waals surface area contributed by atoms with Crippen molar-refractivity contribution in [2.24, 2.45) is 5.92 Å². The first-order valence-electron chi connectivity index (χ1n) is 10.1. The monoisotopic (exact) mass is 406 g/mol. The van der Waals surface area contributed by atoms with E-state index in [1.807, 2.05) is 31.2 Å². The highest BCUT2D eigenvalue weighted by atomic mass is 16.5. The molecule has 0 aliphatic heterocycles. The van der Waals surface area contributed by atoms with E-state index in [-0.39, 0.29) is 11.7 Å². The van der Waals surface area contributed by atoms with Crippen LogP contribution in [0.1, 0.15) is 30.9 Å². The fourth-order valence-electron chi connectivity index (χ4n) is 3.32. The third-order valence-electron chi connectivity index (χ3n) is 5.06. The number of phenolic OH excluding ortho intramolecular Hbond substituents is 1. The average Bonchev–Trinajstić information content (AvgIpc) is 3.54. The van der Waals surface area contributed by atoms with Gasteiger partial charge in [0.25, 0.3) is 0 Å². The van der Waals surface area contributed by atoms with Crippen molar-refractivity contribution in [1.29, 1.82) is 0 Å². The number of hydrogen-bond acceptors (Lipinski definition) is 7. The van der Waals surface area contributed by atoms with Gasteiger partial charge in [0.15, 0.2) is 0 Å². The second-order valence-electron chi connectivity index (χ2n) is 7.52. The van der Waals surface area contributed by atoms with Crippen molar-refractivity contribution in [3.05, 3.63) is 53.7 Å². The molecule has 1 heterocycles. The van der Waals surface area contributed by atoms with Crippen molar-refractivity contribution < 1.29 is 14.6 Å². The fourth-order valence-corrected chi connectivity index (χ4v) is 3.32. The summed E-state index contributed by atoms with van der Waals surface area (Å²) in [6.07, 6.45) is 4.58. The Morgan fingerprint density at radius 3 is 2.40 bits per heavy atom. The Balaban J connectivity index is 1.76. The van der Waals surface area contributed by atoms with Crippen molar-refractivity contribution in [3.63, 3.8) is 0 Å². The first-order valence-corrected chi connectivity index (χ1v) is 10.1. The lowest BCUT2D eigenvalue weighted by Crippen LogP contribution is -2.06. The summed E-state index contributed by atoms with van der Waals surface area (Å²) in [5.41, 5.74) is 15.2. The molecule has 0 radical (unpaired) electrons. The second kappa shape index (κ2) is 8.49. The summed E-state index contributed by atoms with van der Waals surface area (Å²) in [4.78, 5) is 8.11. The van der Waals surface area contributed by atoms with Gasteiger partial charge < -0.3 is 26.0 Å². The molecule has 7 heteroatoms. The summed E-state index contributed by atoms with van der Waals surface area (Å²) >= 11 is 0. The SMILES string of the molecule is CCOc1cc(Cc2cnc(N)nc2N)cc(OCC2CC2)c1-c1ccc(O)cc1. The quantitative estimate of drug-likeness (QED) is 0.521. The summed E-state index contributed by atoms with van der Waals surface area (Å²) in [5, 5.41) is 9.69. The molecule has 3 aromatic rings. The van der Waals surface area contributed by atoms with Crippen LogP contribution in [0.2, 0.25) is 0 Å². The number of benzene rings is 2. The number of anilines is 2. The van der Waals surface area contributed by atoms with E-state index in [4.69, 9.17) is 20.9 Å². The lowest BCUT2D eigenvalue weighted by atomic mass is 9.98. The maximum Gasteiger partial charge on any atom is 0.221 e. The zero-order valence-corrected chi connectivity index (χ0v) is 17.0.